The summed E-state index contributed by atoms with van der Waals surface area (Å²) in [4.78, 5) is 13.5. The Hall–Kier alpha value is -2.30. The fraction of sp³-hybridized carbons (Fsp3) is 0.375. The lowest BCUT2D eigenvalue weighted by molar-refractivity contribution is -0.138. The normalized spacial score (nSPS) is 17.0. The Morgan fingerprint density at radius 2 is 2.19 bits per heavy atom. The third-order valence-electron chi connectivity index (χ3n) is 4.10. The highest BCUT2D eigenvalue weighted by molar-refractivity contribution is 5.82. The zero-order valence-electron chi connectivity index (χ0n) is 12.3. The van der Waals surface area contributed by atoms with Crippen molar-refractivity contribution < 1.29 is 9.90 Å². The fourth-order valence-electron chi connectivity index (χ4n) is 2.93. The number of carboxylic acids is 1. The summed E-state index contributed by atoms with van der Waals surface area (Å²) in [7, 11) is 1.91. The maximum atomic E-state index is 11.6. The lowest BCUT2D eigenvalue weighted by Gasteiger charge is -2.24. The zero-order valence-corrected chi connectivity index (χ0v) is 12.3. The second-order valence-electron chi connectivity index (χ2n) is 5.42. The molecule has 1 aliphatic rings. The van der Waals surface area contributed by atoms with Crippen LogP contribution in [0.3, 0.4) is 0 Å². The topological polar surface area (TPSA) is 58.4 Å². The molecule has 1 N–H and O–H groups in total. The lowest BCUT2D eigenvalue weighted by atomic mass is 10.1. The summed E-state index contributed by atoms with van der Waals surface area (Å²) in [6.07, 6.45) is 1.44. The average molecular weight is 285 g/mol. The molecule has 5 heteroatoms. The van der Waals surface area contributed by atoms with Crippen LogP contribution in [0.4, 0.5) is 5.69 Å². The minimum absolute atomic E-state index is 0.498. The number of rotatable bonds is 4. The molecule has 110 valence electrons. The molecular weight excluding hydrogens is 266 g/mol. The summed E-state index contributed by atoms with van der Waals surface area (Å²) in [5.41, 5.74) is 4.19. The number of para-hydroxylation sites is 1. The van der Waals surface area contributed by atoms with Gasteiger partial charge in [0, 0.05) is 19.2 Å². The highest BCUT2D eigenvalue weighted by atomic mass is 16.4. The van der Waals surface area contributed by atoms with E-state index in [-0.39, 0.29) is 0 Å². The molecule has 2 heterocycles. The van der Waals surface area contributed by atoms with Crippen LogP contribution in [-0.2, 0) is 31.2 Å². The van der Waals surface area contributed by atoms with E-state index in [1.54, 1.807) is 0 Å². The number of fused-ring (bicyclic) bond motifs is 1. The maximum Gasteiger partial charge on any atom is 0.326 e. The van der Waals surface area contributed by atoms with E-state index < -0.39 is 12.0 Å². The van der Waals surface area contributed by atoms with E-state index in [4.69, 9.17) is 0 Å². The first kappa shape index (κ1) is 13.7. The predicted molar refractivity (Wildman–Crippen MR) is 80.3 cm³/mol. The van der Waals surface area contributed by atoms with Crippen LogP contribution >= 0.6 is 0 Å². The Kier molecular flexibility index (Phi) is 3.41. The number of aromatic nitrogens is 2. The standard InChI is InChI=1S/C16H19N3O2/c1-3-12-9-13(18(2)17-12)10-19-14-7-5-4-6-11(14)8-15(19)16(20)21/h4-7,9,15H,3,8,10H2,1-2H3,(H,20,21). The van der Waals surface area contributed by atoms with Gasteiger partial charge >= 0.3 is 5.97 Å². The van der Waals surface area contributed by atoms with Crippen LogP contribution in [0.25, 0.3) is 0 Å². The van der Waals surface area contributed by atoms with E-state index in [1.165, 1.54) is 0 Å². The van der Waals surface area contributed by atoms with Gasteiger partial charge in [0.2, 0.25) is 0 Å². The van der Waals surface area contributed by atoms with E-state index in [0.717, 1.165) is 29.1 Å². The second-order valence-corrected chi connectivity index (χ2v) is 5.42. The molecule has 0 fully saturated rings. The molecule has 5 nitrogen and oxygen atoms in total. The molecule has 0 spiro atoms. The number of aryl methyl sites for hydroxylation is 2. The molecule has 0 saturated carbocycles. The SMILES string of the molecule is CCc1cc(CN2c3ccccc3CC2C(=O)O)n(C)n1. The Morgan fingerprint density at radius 1 is 1.43 bits per heavy atom. The van der Waals surface area contributed by atoms with Crippen molar-refractivity contribution in [3.05, 3.63) is 47.3 Å². The third kappa shape index (κ3) is 2.39. The Balaban J connectivity index is 1.94. The van der Waals surface area contributed by atoms with Crippen molar-refractivity contribution >= 4 is 11.7 Å². The Labute approximate surface area is 123 Å². The summed E-state index contributed by atoms with van der Waals surface area (Å²) < 4.78 is 1.85. The number of carbonyl (C=O) groups is 1. The number of benzene rings is 1. The Morgan fingerprint density at radius 3 is 2.86 bits per heavy atom. The first-order valence-corrected chi connectivity index (χ1v) is 7.19. The molecule has 21 heavy (non-hydrogen) atoms. The van der Waals surface area contributed by atoms with E-state index in [2.05, 4.69) is 18.1 Å². The minimum Gasteiger partial charge on any atom is -0.480 e. The highest BCUT2D eigenvalue weighted by Gasteiger charge is 2.34. The molecule has 2 aromatic rings. The van der Waals surface area contributed by atoms with Gasteiger partial charge < -0.3 is 10.0 Å². The van der Waals surface area contributed by atoms with Gasteiger partial charge in [-0.15, -0.1) is 0 Å². The predicted octanol–water partition coefficient (Wildman–Crippen LogP) is 2.00. The van der Waals surface area contributed by atoms with Gasteiger partial charge in [0.05, 0.1) is 17.9 Å². The van der Waals surface area contributed by atoms with Gasteiger partial charge in [-0.05, 0) is 24.1 Å². The molecule has 0 radical (unpaired) electrons. The van der Waals surface area contributed by atoms with Gasteiger partial charge in [-0.1, -0.05) is 25.1 Å². The van der Waals surface area contributed by atoms with Crippen LogP contribution in [0.15, 0.2) is 30.3 Å². The first-order valence-electron chi connectivity index (χ1n) is 7.19. The summed E-state index contributed by atoms with van der Waals surface area (Å²) >= 11 is 0. The number of anilines is 1. The zero-order chi connectivity index (χ0) is 15.0. The van der Waals surface area contributed by atoms with Crippen molar-refractivity contribution in [3.8, 4) is 0 Å². The van der Waals surface area contributed by atoms with Crippen molar-refractivity contribution in [2.75, 3.05) is 4.90 Å². The molecule has 0 aliphatic carbocycles. The summed E-state index contributed by atoms with van der Waals surface area (Å²) in [6, 6.07) is 9.47. The van der Waals surface area contributed by atoms with Crippen LogP contribution in [0.2, 0.25) is 0 Å². The summed E-state index contributed by atoms with van der Waals surface area (Å²) in [5, 5.41) is 13.9. The van der Waals surface area contributed by atoms with Crippen molar-refractivity contribution in [2.24, 2.45) is 7.05 Å². The molecule has 0 amide bonds. The molecule has 1 aromatic heterocycles. The van der Waals surface area contributed by atoms with Gasteiger partial charge in [-0.2, -0.15) is 5.10 Å². The summed E-state index contributed by atoms with van der Waals surface area (Å²) in [5.74, 6) is -0.774. The van der Waals surface area contributed by atoms with Crippen LogP contribution < -0.4 is 4.90 Å². The molecule has 1 unspecified atom stereocenters. The van der Waals surface area contributed by atoms with Crippen molar-refractivity contribution in [1.29, 1.82) is 0 Å². The van der Waals surface area contributed by atoms with Gasteiger partial charge in [0.1, 0.15) is 6.04 Å². The maximum absolute atomic E-state index is 11.6. The van der Waals surface area contributed by atoms with E-state index in [1.807, 2.05) is 40.9 Å². The van der Waals surface area contributed by atoms with Crippen LogP contribution in [0.5, 0.6) is 0 Å². The quantitative estimate of drug-likeness (QED) is 0.933. The molecule has 3 rings (SSSR count). The number of hydrogen-bond donors (Lipinski definition) is 1. The van der Waals surface area contributed by atoms with E-state index >= 15 is 0 Å². The van der Waals surface area contributed by atoms with Gasteiger partial charge in [-0.25, -0.2) is 4.79 Å². The van der Waals surface area contributed by atoms with Crippen molar-refractivity contribution in [1.82, 2.24) is 9.78 Å². The molecule has 0 bridgehead atoms. The van der Waals surface area contributed by atoms with Crippen molar-refractivity contribution in [2.45, 2.75) is 32.4 Å². The fourth-order valence-corrected chi connectivity index (χ4v) is 2.93. The lowest BCUT2D eigenvalue weighted by Crippen LogP contribution is -2.38. The van der Waals surface area contributed by atoms with Crippen LogP contribution in [-0.4, -0.2) is 26.9 Å². The highest BCUT2D eigenvalue weighted by Crippen LogP contribution is 2.33. The third-order valence-corrected chi connectivity index (χ3v) is 4.10. The minimum atomic E-state index is -0.774. The Bertz CT molecular complexity index is 678. The smallest absolute Gasteiger partial charge is 0.326 e. The molecule has 1 atom stereocenters. The van der Waals surface area contributed by atoms with Crippen LogP contribution in [0.1, 0.15) is 23.9 Å². The van der Waals surface area contributed by atoms with Gasteiger partial charge in [-0.3, -0.25) is 4.68 Å². The average Bonchev–Trinajstić information content (AvgIpc) is 3.01. The number of aliphatic carboxylic acids is 1. The van der Waals surface area contributed by atoms with Gasteiger partial charge in [0.15, 0.2) is 0 Å². The summed E-state index contributed by atoms with van der Waals surface area (Å²) in [6.45, 7) is 2.63. The second kappa shape index (κ2) is 5.24. The van der Waals surface area contributed by atoms with E-state index in [9.17, 15) is 9.90 Å². The number of carboxylic acid groups (broad SMARTS) is 1. The largest absolute Gasteiger partial charge is 0.480 e. The molecule has 1 aliphatic heterocycles. The molecule has 0 saturated heterocycles. The number of nitrogens with zero attached hydrogens (tertiary/aromatic N) is 3. The van der Waals surface area contributed by atoms with Gasteiger partial charge in [0.25, 0.3) is 0 Å². The molecular formula is C16H19N3O2. The van der Waals surface area contributed by atoms with Crippen LogP contribution in [0, 0.1) is 0 Å². The first-order chi connectivity index (χ1) is 10.1. The molecule has 1 aromatic carbocycles. The van der Waals surface area contributed by atoms with E-state index in [0.29, 0.717) is 13.0 Å². The number of hydrogen-bond acceptors (Lipinski definition) is 3. The monoisotopic (exact) mass is 285 g/mol. The van der Waals surface area contributed by atoms with Crippen molar-refractivity contribution in [3.63, 3.8) is 0 Å².